The molecule has 1 aromatic rings. The summed E-state index contributed by atoms with van der Waals surface area (Å²) in [5.41, 5.74) is 3.14. The Morgan fingerprint density at radius 2 is 1.90 bits per heavy atom. The molecule has 6 nitrogen and oxygen atoms in total. The molecule has 0 bridgehead atoms. The van der Waals surface area contributed by atoms with Gasteiger partial charge in [-0.3, -0.25) is 9.48 Å². The normalized spacial score (nSPS) is 12.7. The number of aliphatic hydroxyl groups excluding tert-OH is 1. The van der Waals surface area contributed by atoms with Gasteiger partial charge in [0.05, 0.1) is 11.8 Å². The molecule has 2 N–H and O–H groups in total. The van der Waals surface area contributed by atoms with Crippen LogP contribution in [0, 0.1) is 6.92 Å². The quantitative estimate of drug-likeness (QED) is 0.188. The number of carboxylic acids is 1. The zero-order valence-electron chi connectivity index (χ0n) is 19.3. The van der Waals surface area contributed by atoms with Gasteiger partial charge in [-0.1, -0.05) is 50.8 Å². The third-order valence-electron chi connectivity index (χ3n) is 5.38. The van der Waals surface area contributed by atoms with E-state index >= 15 is 0 Å². The second-order valence-electron chi connectivity index (χ2n) is 8.07. The van der Waals surface area contributed by atoms with Gasteiger partial charge in [-0.25, -0.2) is 0 Å². The van der Waals surface area contributed by atoms with Crippen molar-refractivity contribution in [2.45, 2.75) is 104 Å². The molecule has 0 aliphatic carbocycles. The first-order valence-corrected chi connectivity index (χ1v) is 11.7. The van der Waals surface area contributed by atoms with E-state index in [1.807, 2.05) is 22.9 Å². The fourth-order valence-electron chi connectivity index (χ4n) is 3.47. The summed E-state index contributed by atoms with van der Waals surface area (Å²) in [5, 5.41) is 23.7. The average Bonchev–Trinajstić information content (AvgIpc) is 3.03. The number of carbonyl (C=O) groups is 2. The summed E-state index contributed by atoms with van der Waals surface area (Å²) in [5.74, 6) is -0.761. The van der Waals surface area contributed by atoms with Gasteiger partial charge < -0.3 is 15.0 Å². The summed E-state index contributed by atoms with van der Waals surface area (Å²) in [6.45, 7) is 5.03. The van der Waals surface area contributed by atoms with Crippen LogP contribution in [0.3, 0.4) is 0 Å². The van der Waals surface area contributed by atoms with Crippen LogP contribution in [0.2, 0.25) is 0 Å². The summed E-state index contributed by atoms with van der Waals surface area (Å²) in [7, 11) is 0. The van der Waals surface area contributed by atoms with Crippen molar-refractivity contribution in [3.63, 3.8) is 0 Å². The van der Waals surface area contributed by atoms with Crippen molar-refractivity contribution in [2.24, 2.45) is 0 Å². The van der Waals surface area contributed by atoms with Gasteiger partial charge in [-0.15, -0.1) is 0 Å². The molecule has 0 saturated heterocycles. The lowest BCUT2D eigenvalue weighted by Gasteiger charge is -2.04. The zero-order valence-corrected chi connectivity index (χ0v) is 19.3. The monoisotopic (exact) mass is 432 g/mol. The molecule has 174 valence electrons. The standard InChI is InChI=1S/C25H40N2O4/c1-3-4-9-14-22(29)17-18-24-23(15-10-5-6-11-16-25(30)31)21(2)27(26-24)19-12-7-8-13-20-28/h5,10,17-18,20,22,29H,3-4,6-9,11-16,19H2,1-2H3,(H,30,31)/b10-5-,18-17+/t22-/m1/s1. The number of aliphatic hydroxyl groups is 1. The molecule has 31 heavy (non-hydrogen) atoms. The average molecular weight is 433 g/mol. The van der Waals surface area contributed by atoms with Gasteiger partial charge in [-0.05, 0) is 51.5 Å². The molecule has 0 saturated carbocycles. The van der Waals surface area contributed by atoms with Crippen molar-refractivity contribution in [3.05, 3.63) is 35.2 Å². The number of aryl methyl sites for hydroxylation is 1. The molecular formula is C25H40N2O4. The number of aldehydes is 1. The Morgan fingerprint density at radius 3 is 2.61 bits per heavy atom. The van der Waals surface area contributed by atoms with Crippen LogP contribution in [0.4, 0.5) is 0 Å². The number of aliphatic carboxylic acids is 1. The van der Waals surface area contributed by atoms with E-state index in [0.717, 1.165) is 87.6 Å². The third kappa shape index (κ3) is 11.7. The zero-order chi connectivity index (χ0) is 22.9. The molecule has 0 fully saturated rings. The molecule has 0 aliphatic rings. The number of carboxylic acid groups (broad SMARTS) is 1. The first-order chi connectivity index (χ1) is 15.0. The SMILES string of the molecule is CCCCC[C@@H](O)/C=C/c1nn(CCCCCC=O)c(C)c1C/C=C\CCCC(=O)O. The Bertz CT molecular complexity index is 707. The van der Waals surface area contributed by atoms with Gasteiger partial charge in [-0.2, -0.15) is 5.10 Å². The minimum absolute atomic E-state index is 0.190. The molecule has 0 aliphatic heterocycles. The highest BCUT2D eigenvalue weighted by atomic mass is 16.4. The fraction of sp³-hybridized carbons (Fsp3) is 0.640. The lowest BCUT2D eigenvalue weighted by Crippen LogP contribution is -2.03. The van der Waals surface area contributed by atoms with Crippen LogP contribution in [0.15, 0.2) is 18.2 Å². The van der Waals surface area contributed by atoms with E-state index in [0.29, 0.717) is 12.8 Å². The van der Waals surface area contributed by atoms with E-state index in [9.17, 15) is 14.7 Å². The second kappa shape index (κ2) is 16.5. The molecule has 1 rings (SSSR count). The molecule has 0 radical (unpaired) electrons. The van der Waals surface area contributed by atoms with E-state index in [4.69, 9.17) is 10.2 Å². The number of allylic oxidation sites excluding steroid dienone is 2. The minimum Gasteiger partial charge on any atom is -0.481 e. The van der Waals surface area contributed by atoms with Crippen LogP contribution in [0.25, 0.3) is 6.08 Å². The predicted octanol–water partition coefficient (Wildman–Crippen LogP) is 5.26. The number of unbranched alkanes of at least 4 members (excludes halogenated alkanes) is 6. The van der Waals surface area contributed by atoms with E-state index in [1.54, 1.807) is 0 Å². The van der Waals surface area contributed by atoms with Gasteiger partial charge in [0.1, 0.15) is 6.29 Å². The second-order valence-corrected chi connectivity index (χ2v) is 8.07. The largest absolute Gasteiger partial charge is 0.481 e. The Morgan fingerprint density at radius 1 is 1.10 bits per heavy atom. The van der Waals surface area contributed by atoms with Crippen LogP contribution >= 0.6 is 0 Å². The van der Waals surface area contributed by atoms with Crippen molar-refractivity contribution < 1.29 is 19.8 Å². The van der Waals surface area contributed by atoms with Gasteiger partial charge in [0, 0.05) is 30.6 Å². The van der Waals surface area contributed by atoms with Crippen LogP contribution in [-0.2, 0) is 22.6 Å². The minimum atomic E-state index is -0.761. The molecule has 1 atom stereocenters. The van der Waals surface area contributed by atoms with E-state index in [2.05, 4.69) is 19.9 Å². The summed E-state index contributed by atoms with van der Waals surface area (Å²) in [6, 6.07) is 0. The number of hydrogen-bond donors (Lipinski definition) is 2. The first kappa shape index (κ1) is 26.8. The molecule has 1 aromatic heterocycles. The predicted molar refractivity (Wildman–Crippen MR) is 125 cm³/mol. The maximum Gasteiger partial charge on any atom is 0.303 e. The molecular weight excluding hydrogens is 392 g/mol. The first-order valence-electron chi connectivity index (χ1n) is 11.7. The van der Waals surface area contributed by atoms with Crippen LogP contribution in [0.5, 0.6) is 0 Å². The van der Waals surface area contributed by atoms with Gasteiger partial charge in [0.15, 0.2) is 0 Å². The summed E-state index contributed by atoms with van der Waals surface area (Å²) >= 11 is 0. The van der Waals surface area contributed by atoms with Crippen molar-refractivity contribution in [2.75, 3.05) is 0 Å². The smallest absolute Gasteiger partial charge is 0.303 e. The van der Waals surface area contributed by atoms with E-state index < -0.39 is 12.1 Å². The number of hydrogen-bond acceptors (Lipinski definition) is 4. The van der Waals surface area contributed by atoms with Gasteiger partial charge in [0.25, 0.3) is 0 Å². The van der Waals surface area contributed by atoms with Crippen LogP contribution in [0.1, 0.15) is 94.5 Å². The number of carbonyl (C=O) groups excluding carboxylic acids is 1. The van der Waals surface area contributed by atoms with E-state index in [1.165, 1.54) is 0 Å². The number of aromatic nitrogens is 2. The Hall–Kier alpha value is -2.21. The molecule has 6 heteroatoms. The third-order valence-corrected chi connectivity index (χ3v) is 5.38. The maximum atomic E-state index is 10.6. The van der Waals surface area contributed by atoms with Crippen molar-refractivity contribution in [1.29, 1.82) is 0 Å². The molecule has 1 heterocycles. The van der Waals surface area contributed by atoms with Crippen LogP contribution < -0.4 is 0 Å². The summed E-state index contributed by atoms with van der Waals surface area (Å²) < 4.78 is 2.03. The maximum absolute atomic E-state index is 10.6. The fourth-order valence-corrected chi connectivity index (χ4v) is 3.47. The Balaban J connectivity index is 2.80. The molecule has 0 spiro atoms. The lowest BCUT2D eigenvalue weighted by molar-refractivity contribution is -0.137. The van der Waals surface area contributed by atoms with E-state index in [-0.39, 0.29) is 6.42 Å². The highest BCUT2D eigenvalue weighted by Crippen LogP contribution is 2.19. The highest BCUT2D eigenvalue weighted by Gasteiger charge is 2.12. The summed E-state index contributed by atoms with van der Waals surface area (Å²) in [4.78, 5) is 21.1. The molecule has 0 amide bonds. The number of rotatable bonds is 18. The topological polar surface area (TPSA) is 92.4 Å². The van der Waals surface area contributed by atoms with Crippen molar-refractivity contribution in [1.82, 2.24) is 9.78 Å². The van der Waals surface area contributed by atoms with Crippen molar-refractivity contribution in [3.8, 4) is 0 Å². The lowest BCUT2D eigenvalue weighted by atomic mass is 10.1. The summed E-state index contributed by atoms with van der Waals surface area (Å²) in [6.07, 6.45) is 18.2. The van der Waals surface area contributed by atoms with Crippen LogP contribution in [-0.4, -0.2) is 38.4 Å². The molecule has 0 unspecified atom stereocenters. The van der Waals surface area contributed by atoms with Gasteiger partial charge in [0.2, 0.25) is 0 Å². The highest BCUT2D eigenvalue weighted by molar-refractivity contribution is 5.66. The Labute approximate surface area is 187 Å². The van der Waals surface area contributed by atoms with Crippen molar-refractivity contribution >= 4 is 18.3 Å². The Kier molecular flexibility index (Phi) is 14.3. The van der Waals surface area contributed by atoms with Gasteiger partial charge >= 0.3 is 5.97 Å². The molecule has 0 aromatic carbocycles. The number of nitrogens with zero attached hydrogens (tertiary/aromatic N) is 2.